The van der Waals surface area contributed by atoms with Crippen molar-refractivity contribution in [2.24, 2.45) is 7.05 Å². The smallest absolute Gasteiger partial charge is 0.497 e. The Morgan fingerprint density at radius 2 is 1.83 bits per heavy atom. The van der Waals surface area contributed by atoms with E-state index in [0.717, 1.165) is 5.69 Å². The molecule has 2 heterocycles. The van der Waals surface area contributed by atoms with Gasteiger partial charge in [0.2, 0.25) is 0 Å². The third-order valence-corrected chi connectivity index (χ3v) is 6.22. The van der Waals surface area contributed by atoms with Crippen LogP contribution in [0.5, 0.6) is 0 Å². The molecule has 0 bridgehead atoms. The van der Waals surface area contributed by atoms with Crippen LogP contribution in [0.3, 0.4) is 0 Å². The molecule has 3 rings (SSSR count). The zero-order chi connectivity index (χ0) is 21.7. The average Bonchev–Trinajstić information content (AvgIpc) is 2.97. The van der Waals surface area contributed by atoms with E-state index in [2.05, 4.69) is 9.82 Å². The Kier molecular flexibility index (Phi) is 5.79. The van der Waals surface area contributed by atoms with Crippen molar-refractivity contribution in [1.29, 1.82) is 0 Å². The minimum absolute atomic E-state index is 0.0221. The molecule has 2 aromatic rings. The van der Waals surface area contributed by atoms with Crippen molar-refractivity contribution in [2.45, 2.75) is 59.3 Å². The summed E-state index contributed by atoms with van der Waals surface area (Å²) in [5.41, 5.74) is 2.07. The molecule has 1 atom stereocenters. The highest BCUT2D eigenvalue weighted by atomic mass is 32.2. The predicted molar refractivity (Wildman–Crippen MR) is 110 cm³/mol. The number of benzene rings is 1. The fourth-order valence-corrected chi connectivity index (χ4v) is 3.72. The lowest BCUT2D eigenvalue weighted by molar-refractivity contribution is 0.00578. The second-order valence-corrected chi connectivity index (χ2v) is 9.12. The number of hydrogen-bond acceptors (Lipinski definition) is 5. The fraction of sp³-hybridized carbons (Fsp3) is 0.526. The number of aromatic nitrogens is 2. The van der Waals surface area contributed by atoms with Crippen LogP contribution in [-0.2, 0) is 34.2 Å². The molecule has 0 spiro atoms. The third-order valence-electron chi connectivity index (χ3n) is 5.84. The van der Waals surface area contributed by atoms with Gasteiger partial charge in [-0.1, -0.05) is 6.07 Å². The van der Waals surface area contributed by atoms with Crippen LogP contribution >= 0.6 is 0 Å². The molecule has 1 saturated heterocycles. The quantitative estimate of drug-likeness (QED) is 0.589. The van der Waals surface area contributed by atoms with Gasteiger partial charge in [-0.3, -0.25) is 8.89 Å². The molecule has 29 heavy (non-hydrogen) atoms. The number of nitrogens with zero attached hydrogens (tertiary/aromatic N) is 2. The van der Waals surface area contributed by atoms with Gasteiger partial charge in [-0.2, -0.15) is 5.10 Å². The summed E-state index contributed by atoms with van der Waals surface area (Å²) in [5, 5.41) is 4.38. The van der Waals surface area contributed by atoms with Crippen molar-refractivity contribution in [3.8, 4) is 11.1 Å². The molecule has 1 N–H and O–H groups in total. The van der Waals surface area contributed by atoms with E-state index < -0.39 is 35.4 Å². The average molecular weight is 422 g/mol. The van der Waals surface area contributed by atoms with Crippen LogP contribution in [0.1, 0.15) is 44.6 Å². The van der Waals surface area contributed by atoms with Gasteiger partial charge in [0.1, 0.15) is 5.82 Å². The maximum Gasteiger partial charge on any atom is 0.497 e. The summed E-state index contributed by atoms with van der Waals surface area (Å²) in [5.74, 6) is -0.463. The van der Waals surface area contributed by atoms with Gasteiger partial charge < -0.3 is 13.9 Å². The fourth-order valence-electron chi connectivity index (χ4n) is 3.44. The van der Waals surface area contributed by atoms with E-state index in [9.17, 15) is 8.76 Å². The van der Waals surface area contributed by atoms with Gasteiger partial charge in [0, 0.05) is 47.1 Å². The molecule has 1 aliphatic rings. The summed E-state index contributed by atoms with van der Waals surface area (Å²) >= 11 is -2.43. The lowest BCUT2D eigenvalue weighted by atomic mass is 9.76. The number of hydrogen-bond donors (Lipinski definition) is 1. The molecule has 1 aliphatic heterocycles. The largest absolute Gasteiger partial charge is 0.760 e. The van der Waals surface area contributed by atoms with Crippen LogP contribution in [0.15, 0.2) is 12.1 Å². The van der Waals surface area contributed by atoms with Crippen molar-refractivity contribution in [3.63, 3.8) is 0 Å². The van der Waals surface area contributed by atoms with E-state index in [1.54, 1.807) is 23.9 Å². The van der Waals surface area contributed by atoms with Gasteiger partial charge in [-0.25, -0.2) is 9.11 Å². The molecule has 0 radical (unpaired) electrons. The number of nitrogens with one attached hydrogen (secondary N) is 1. The number of rotatable bonds is 5. The SMILES string of the molecule is Cc1nn(C)c(C)c1-c1cc(CNS(=O)[O-])cc(B2OC(C)(C)C(C)(C)O2)c1F. The lowest BCUT2D eigenvalue weighted by Gasteiger charge is -2.32. The van der Waals surface area contributed by atoms with Gasteiger partial charge >= 0.3 is 7.12 Å². The maximum absolute atomic E-state index is 15.7. The highest BCUT2D eigenvalue weighted by Gasteiger charge is 2.52. The molecular weight excluding hydrogens is 396 g/mol. The van der Waals surface area contributed by atoms with Gasteiger partial charge in [-0.05, 0) is 53.2 Å². The van der Waals surface area contributed by atoms with E-state index in [-0.39, 0.29) is 12.0 Å². The summed E-state index contributed by atoms with van der Waals surface area (Å²) in [7, 11) is 0.888. The molecular formula is C19H26BFN3O4S-. The van der Waals surface area contributed by atoms with Gasteiger partial charge in [0.25, 0.3) is 0 Å². The van der Waals surface area contributed by atoms with Crippen molar-refractivity contribution in [3.05, 3.63) is 34.9 Å². The monoisotopic (exact) mass is 422 g/mol. The number of aryl methyl sites for hydroxylation is 2. The van der Waals surface area contributed by atoms with E-state index in [1.807, 2.05) is 41.5 Å². The van der Waals surface area contributed by atoms with E-state index >= 15 is 4.39 Å². The van der Waals surface area contributed by atoms with E-state index in [0.29, 0.717) is 22.4 Å². The van der Waals surface area contributed by atoms with Crippen molar-refractivity contribution < 1.29 is 22.5 Å². The Morgan fingerprint density at radius 3 is 2.31 bits per heavy atom. The molecule has 1 fully saturated rings. The number of halogens is 1. The van der Waals surface area contributed by atoms with Gasteiger partial charge in [0.15, 0.2) is 0 Å². The molecule has 1 unspecified atom stereocenters. The van der Waals surface area contributed by atoms with Crippen molar-refractivity contribution in [1.82, 2.24) is 14.5 Å². The Bertz CT molecular complexity index is 961. The standard InChI is InChI=1S/C19H27BFN3O4S/c1-11-16(12(2)24(7)23-11)14-8-13(10-22-29(25)26)9-15(17(14)21)20-27-18(3,4)19(5,6)28-20/h8-9,22H,10H2,1-7H3,(H,25,26)/p-1. The Balaban J connectivity index is 2.16. The first-order chi connectivity index (χ1) is 13.3. The minimum atomic E-state index is -2.43. The van der Waals surface area contributed by atoms with Crippen LogP contribution in [-0.4, -0.2) is 36.9 Å². The molecule has 0 saturated carbocycles. The highest BCUT2D eigenvalue weighted by Crippen LogP contribution is 2.37. The van der Waals surface area contributed by atoms with Crippen LogP contribution in [0.25, 0.3) is 11.1 Å². The van der Waals surface area contributed by atoms with Crippen LogP contribution in [0.4, 0.5) is 4.39 Å². The highest BCUT2D eigenvalue weighted by molar-refractivity contribution is 7.77. The maximum atomic E-state index is 15.7. The Labute approximate surface area is 173 Å². The molecule has 158 valence electrons. The summed E-state index contributed by atoms with van der Waals surface area (Å²) in [4.78, 5) is 0. The van der Waals surface area contributed by atoms with Gasteiger partial charge in [0.05, 0.1) is 16.9 Å². The van der Waals surface area contributed by atoms with Gasteiger partial charge in [-0.15, -0.1) is 0 Å². The summed E-state index contributed by atoms with van der Waals surface area (Å²) in [6.45, 7) is 11.3. The summed E-state index contributed by atoms with van der Waals surface area (Å²) in [6.07, 6.45) is 0. The normalized spacial score (nSPS) is 19.0. The molecule has 1 aromatic carbocycles. The van der Waals surface area contributed by atoms with Crippen molar-refractivity contribution >= 4 is 23.8 Å². The molecule has 10 heteroatoms. The zero-order valence-electron chi connectivity index (χ0n) is 17.8. The molecule has 0 amide bonds. The van der Waals surface area contributed by atoms with Crippen LogP contribution in [0.2, 0.25) is 0 Å². The first-order valence-corrected chi connectivity index (χ1v) is 10.4. The van der Waals surface area contributed by atoms with Crippen molar-refractivity contribution in [2.75, 3.05) is 0 Å². The van der Waals surface area contributed by atoms with E-state index in [1.165, 1.54) is 0 Å². The Morgan fingerprint density at radius 1 is 1.24 bits per heavy atom. The molecule has 1 aromatic heterocycles. The summed E-state index contributed by atoms with van der Waals surface area (Å²) < 4.78 is 53.8. The summed E-state index contributed by atoms with van der Waals surface area (Å²) in [6, 6.07) is 3.23. The topological polar surface area (TPSA) is 88.4 Å². The van der Waals surface area contributed by atoms with Crippen LogP contribution < -0.4 is 10.2 Å². The molecule has 7 nitrogen and oxygen atoms in total. The zero-order valence-corrected chi connectivity index (χ0v) is 18.6. The predicted octanol–water partition coefficient (Wildman–Crippen LogP) is 2.03. The molecule has 0 aliphatic carbocycles. The Hall–Kier alpha value is -1.59. The van der Waals surface area contributed by atoms with Crippen LogP contribution in [0, 0.1) is 19.7 Å². The first-order valence-electron chi connectivity index (χ1n) is 9.35. The third kappa shape index (κ3) is 4.04. The lowest BCUT2D eigenvalue weighted by Crippen LogP contribution is -2.41. The minimum Gasteiger partial charge on any atom is -0.760 e. The van der Waals surface area contributed by atoms with E-state index in [4.69, 9.17) is 9.31 Å². The second kappa shape index (κ2) is 7.59. The second-order valence-electron chi connectivity index (χ2n) is 8.36. The first kappa shape index (κ1) is 22.1.